The molecule has 0 aliphatic heterocycles. The molecule has 0 radical (unpaired) electrons. The van der Waals surface area contributed by atoms with Gasteiger partial charge < -0.3 is 15.0 Å². The Bertz CT molecular complexity index is 705. The van der Waals surface area contributed by atoms with E-state index in [2.05, 4.69) is 15.2 Å². The lowest BCUT2D eigenvalue weighted by Crippen LogP contribution is -2.31. The zero-order valence-electron chi connectivity index (χ0n) is 13.8. The molecule has 0 bridgehead atoms. The van der Waals surface area contributed by atoms with Gasteiger partial charge in [0.1, 0.15) is 5.75 Å². The van der Waals surface area contributed by atoms with Crippen LogP contribution in [-0.2, 0) is 13.1 Å². The van der Waals surface area contributed by atoms with Crippen LogP contribution in [0.15, 0.2) is 30.5 Å². The van der Waals surface area contributed by atoms with Crippen molar-refractivity contribution in [1.82, 2.24) is 14.7 Å². The van der Waals surface area contributed by atoms with Crippen molar-refractivity contribution in [3.8, 4) is 5.75 Å². The van der Waals surface area contributed by atoms with E-state index >= 15 is 0 Å². The number of nitrogens with zero attached hydrogens (tertiary/aromatic N) is 3. The molecule has 24 heavy (non-hydrogen) atoms. The first-order chi connectivity index (χ1) is 11.4. The van der Waals surface area contributed by atoms with E-state index < -0.39 is 6.61 Å². The van der Waals surface area contributed by atoms with Crippen molar-refractivity contribution in [2.24, 2.45) is 0 Å². The normalized spacial score (nSPS) is 10.8. The quantitative estimate of drug-likeness (QED) is 0.802. The summed E-state index contributed by atoms with van der Waals surface area (Å²) >= 11 is 5.37. The number of alkyl halides is 2. The standard InChI is InChI=1S/C16H20F2N4OS/c1-4-22-12(7-8-19-22)10-21(3)16(24)20-13-9-11(2)5-6-14(13)23-15(17)18/h5-9,15H,4,10H2,1-3H3,(H,20,24). The highest BCUT2D eigenvalue weighted by Gasteiger charge is 2.14. The zero-order chi connectivity index (χ0) is 17.7. The molecule has 5 nitrogen and oxygen atoms in total. The van der Waals surface area contributed by atoms with Gasteiger partial charge >= 0.3 is 6.61 Å². The summed E-state index contributed by atoms with van der Waals surface area (Å²) in [6, 6.07) is 6.84. The predicted octanol–water partition coefficient (Wildman–Crippen LogP) is 3.64. The van der Waals surface area contributed by atoms with E-state index in [1.807, 2.05) is 36.5 Å². The van der Waals surface area contributed by atoms with Crippen molar-refractivity contribution in [2.75, 3.05) is 12.4 Å². The van der Waals surface area contributed by atoms with Gasteiger partial charge in [-0.25, -0.2) is 0 Å². The molecular formula is C16H20F2N4OS. The van der Waals surface area contributed by atoms with Crippen molar-refractivity contribution in [3.63, 3.8) is 0 Å². The van der Waals surface area contributed by atoms with E-state index in [9.17, 15) is 8.78 Å². The van der Waals surface area contributed by atoms with Crippen LogP contribution in [0.4, 0.5) is 14.5 Å². The van der Waals surface area contributed by atoms with Gasteiger partial charge in [0.05, 0.1) is 17.9 Å². The van der Waals surface area contributed by atoms with Gasteiger partial charge in [-0.2, -0.15) is 13.9 Å². The molecule has 0 saturated carbocycles. The number of aromatic nitrogens is 2. The minimum Gasteiger partial charge on any atom is -0.433 e. The summed E-state index contributed by atoms with van der Waals surface area (Å²) in [6.45, 7) is 2.30. The van der Waals surface area contributed by atoms with Crippen LogP contribution in [0.5, 0.6) is 5.75 Å². The number of hydrogen-bond acceptors (Lipinski definition) is 3. The molecule has 0 amide bonds. The number of aryl methyl sites for hydroxylation is 2. The van der Waals surface area contributed by atoms with Crippen molar-refractivity contribution >= 4 is 23.0 Å². The van der Waals surface area contributed by atoms with Crippen molar-refractivity contribution in [1.29, 1.82) is 0 Å². The number of thiocarbonyl (C=S) groups is 1. The number of nitrogens with one attached hydrogen (secondary N) is 1. The van der Waals surface area contributed by atoms with Gasteiger partial charge in [-0.05, 0) is 49.8 Å². The molecule has 0 aliphatic rings. The highest BCUT2D eigenvalue weighted by Crippen LogP contribution is 2.27. The van der Waals surface area contributed by atoms with Gasteiger partial charge in [-0.3, -0.25) is 4.68 Å². The Hall–Kier alpha value is -2.22. The summed E-state index contributed by atoms with van der Waals surface area (Å²) in [5.41, 5.74) is 2.34. The lowest BCUT2D eigenvalue weighted by Gasteiger charge is -2.22. The minimum absolute atomic E-state index is 0.0601. The van der Waals surface area contributed by atoms with E-state index in [-0.39, 0.29) is 5.75 Å². The first-order valence-electron chi connectivity index (χ1n) is 7.49. The highest BCUT2D eigenvalue weighted by atomic mass is 32.1. The minimum atomic E-state index is -2.89. The topological polar surface area (TPSA) is 42.3 Å². The average Bonchev–Trinajstić information content (AvgIpc) is 2.96. The Kier molecular flexibility index (Phi) is 6.08. The largest absolute Gasteiger partial charge is 0.433 e. The second-order valence-corrected chi connectivity index (χ2v) is 5.69. The third kappa shape index (κ3) is 4.64. The molecule has 0 spiro atoms. The van der Waals surface area contributed by atoms with Gasteiger partial charge in [0.15, 0.2) is 5.11 Å². The van der Waals surface area contributed by atoms with Gasteiger partial charge in [-0.15, -0.1) is 0 Å². The molecule has 130 valence electrons. The Morgan fingerprint density at radius 1 is 1.42 bits per heavy atom. The van der Waals surface area contributed by atoms with E-state index in [0.29, 0.717) is 17.3 Å². The lowest BCUT2D eigenvalue weighted by atomic mass is 10.2. The zero-order valence-corrected chi connectivity index (χ0v) is 14.6. The maximum Gasteiger partial charge on any atom is 0.387 e. The number of anilines is 1. The van der Waals surface area contributed by atoms with Gasteiger partial charge in [0.25, 0.3) is 0 Å². The Labute approximate surface area is 145 Å². The summed E-state index contributed by atoms with van der Waals surface area (Å²) in [5, 5.41) is 7.59. The van der Waals surface area contributed by atoms with Gasteiger partial charge in [0.2, 0.25) is 0 Å². The molecule has 1 aromatic carbocycles. The highest BCUT2D eigenvalue weighted by molar-refractivity contribution is 7.80. The fraction of sp³-hybridized carbons (Fsp3) is 0.375. The second-order valence-electron chi connectivity index (χ2n) is 5.30. The summed E-state index contributed by atoms with van der Waals surface area (Å²) < 4.78 is 31.5. The molecule has 1 heterocycles. The molecular weight excluding hydrogens is 334 g/mol. The number of rotatable bonds is 6. The van der Waals surface area contributed by atoms with Crippen molar-refractivity contribution in [2.45, 2.75) is 33.5 Å². The Morgan fingerprint density at radius 2 is 2.17 bits per heavy atom. The molecule has 2 aromatic rings. The van der Waals surface area contributed by atoms with Gasteiger partial charge in [0, 0.05) is 19.8 Å². The number of hydrogen-bond donors (Lipinski definition) is 1. The molecule has 0 unspecified atom stereocenters. The van der Waals surface area contributed by atoms with Crippen LogP contribution >= 0.6 is 12.2 Å². The first-order valence-corrected chi connectivity index (χ1v) is 7.89. The third-order valence-electron chi connectivity index (χ3n) is 3.44. The monoisotopic (exact) mass is 354 g/mol. The maximum absolute atomic E-state index is 12.5. The van der Waals surface area contributed by atoms with Crippen LogP contribution < -0.4 is 10.1 Å². The average molecular weight is 354 g/mol. The SMILES string of the molecule is CCn1nccc1CN(C)C(=S)Nc1cc(C)ccc1OC(F)F. The molecule has 8 heteroatoms. The molecule has 1 N–H and O–H groups in total. The number of benzene rings is 1. The summed E-state index contributed by atoms with van der Waals surface area (Å²) in [7, 11) is 1.83. The molecule has 1 aromatic heterocycles. The van der Waals surface area contributed by atoms with E-state index in [1.165, 1.54) is 6.07 Å². The van der Waals surface area contributed by atoms with Crippen molar-refractivity contribution < 1.29 is 13.5 Å². The van der Waals surface area contributed by atoms with Crippen LogP contribution in [0, 0.1) is 6.92 Å². The fourth-order valence-corrected chi connectivity index (χ4v) is 2.42. The Balaban J connectivity index is 2.09. The summed E-state index contributed by atoms with van der Waals surface area (Å²) in [4.78, 5) is 1.81. The van der Waals surface area contributed by atoms with Crippen molar-refractivity contribution in [3.05, 3.63) is 41.7 Å². The second kappa shape index (κ2) is 8.05. The molecule has 0 aliphatic carbocycles. The summed E-state index contributed by atoms with van der Waals surface area (Å²) in [6.07, 6.45) is 1.73. The van der Waals surface area contributed by atoms with Gasteiger partial charge in [-0.1, -0.05) is 6.07 Å². The third-order valence-corrected chi connectivity index (χ3v) is 3.86. The van der Waals surface area contributed by atoms with Crippen LogP contribution in [0.2, 0.25) is 0 Å². The predicted molar refractivity (Wildman–Crippen MR) is 93.4 cm³/mol. The Morgan fingerprint density at radius 3 is 2.83 bits per heavy atom. The molecule has 2 rings (SSSR count). The number of ether oxygens (including phenoxy) is 1. The maximum atomic E-state index is 12.5. The molecule has 0 saturated heterocycles. The van der Waals surface area contributed by atoms with Crippen LogP contribution in [0.3, 0.4) is 0 Å². The van der Waals surface area contributed by atoms with Crippen LogP contribution in [0.25, 0.3) is 0 Å². The van der Waals surface area contributed by atoms with E-state index in [0.717, 1.165) is 17.8 Å². The lowest BCUT2D eigenvalue weighted by molar-refractivity contribution is -0.0493. The van der Waals surface area contributed by atoms with E-state index in [1.54, 1.807) is 18.3 Å². The number of halogens is 2. The molecule has 0 fully saturated rings. The summed E-state index contributed by atoms with van der Waals surface area (Å²) in [5.74, 6) is 0.0601. The van der Waals surface area contributed by atoms with E-state index in [4.69, 9.17) is 12.2 Å². The van der Waals surface area contributed by atoms with Crippen LogP contribution in [-0.4, -0.2) is 33.5 Å². The smallest absolute Gasteiger partial charge is 0.387 e. The fourth-order valence-electron chi connectivity index (χ4n) is 2.24. The molecule has 0 atom stereocenters. The first kappa shape index (κ1) is 18.1. The van der Waals surface area contributed by atoms with Crippen LogP contribution in [0.1, 0.15) is 18.2 Å².